The van der Waals surface area contributed by atoms with Gasteiger partial charge in [-0.05, 0) is 42.3 Å². The van der Waals surface area contributed by atoms with Gasteiger partial charge in [-0.2, -0.15) is 0 Å². The smallest absolute Gasteiger partial charge is 0.142 e. The SMILES string of the molecule is C/C(Cc1ccc(OCc2ccc(Cl)c(F)c2)cc1)=N/O. The monoisotopic (exact) mass is 307 g/mol. The van der Waals surface area contributed by atoms with Crippen molar-refractivity contribution in [2.75, 3.05) is 0 Å². The van der Waals surface area contributed by atoms with Gasteiger partial charge in [0, 0.05) is 6.42 Å². The van der Waals surface area contributed by atoms with E-state index in [1.54, 1.807) is 13.0 Å². The van der Waals surface area contributed by atoms with Crippen LogP contribution < -0.4 is 4.74 Å². The number of hydrogen-bond donors (Lipinski definition) is 1. The van der Waals surface area contributed by atoms with Crippen molar-refractivity contribution < 1.29 is 14.3 Å². The van der Waals surface area contributed by atoms with Crippen molar-refractivity contribution in [2.24, 2.45) is 5.16 Å². The molecule has 0 unspecified atom stereocenters. The fraction of sp³-hybridized carbons (Fsp3) is 0.188. The molecule has 21 heavy (non-hydrogen) atoms. The predicted molar refractivity (Wildman–Crippen MR) is 80.8 cm³/mol. The Bertz CT molecular complexity index is 641. The molecule has 0 aliphatic carbocycles. The van der Waals surface area contributed by atoms with E-state index in [1.165, 1.54) is 12.1 Å². The Hall–Kier alpha value is -2.07. The van der Waals surface area contributed by atoms with Crippen molar-refractivity contribution in [1.29, 1.82) is 0 Å². The van der Waals surface area contributed by atoms with Crippen molar-refractivity contribution in [3.8, 4) is 5.75 Å². The number of oxime groups is 1. The van der Waals surface area contributed by atoms with Crippen LogP contribution in [0.4, 0.5) is 4.39 Å². The lowest BCUT2D eigenvalue weighted by molar-refractivity contribution is 0.305. The van der Waals surface area contributed by atoms with Crippen LogP contribution >= 0.6 is 11.6 Å². The summed E-state index contributed by atoms with van der Waals surface area (Å²) in [5.74, 6) is 0.236. The van der Waals surface area contributed by atoms with E-state index >= 15 is 0 Å². The molecule has 0 aliphatic rings. The Kier molecular flexibility index (Phi) is 5.17. The molecule has 0 bridgehead atoms. The highest BCUT2D eigenvalue weighted by atomic mass is 35.5. The van der Waals surface area contributed by atoms with Gasteiger partial charge in [-0.3, -0.25) is 0 Å². The summed E-state index contributed by atoms with van der Waals surface area (Å²) in [6.07, 6.45) is 0.583. The molecule has 0 spiro atoms. The van der Waals surface area contributed by atoms with Gasteiger partial charge in [-0.25, -0.2) is 4.39 Å². The van der Waals surface area contributed by atoms with E-state index in [9.17, 15) is 4.39 Å². The highest BCUT2D eigenvalue weighted by Crippen LogP contribution is 2.18. The van der Waals surface area contributed by atoms with Gasteiger partial charge in [0.1, 0.15) is 18.2 Å². The average Bonchev–Trinajstić information content (AvgIpc) is 2.50. The largest absolute Gasteiger partial charge is 0.489 e. The first kappa shape index (κ1) is 15.3. The zero-order valence-corrected chi connectivity index (χ0v) is 12.3. The molecule has 0 saturated carbocycles. The summed E-state index contributed by atoms with van der Waals surface area (Å²) < 4.78 is 18.9. The molecule has 0 heterocycles. The van der Waals surface area contributed by atoms with E-state index in [-0.39, 0.29) is 11.6 Å². The maximum absolute atomic E-state index is 13.3. The second-order valence-electron chi connectivity index (χ2n) is 4.69. The molecule has 2 rings (SSSR count). The average molecular weight is 308 g/mol. The van der Waals surface area contributed by atoms with E-state index < -0.39 is 5.82 Å². The number of nitrogens with zero attached hydrogens (tertiary/aromatic N) is 1. The predicted octanol–water partition coefficient (Wildman–Crippen LogP) is 4.45. The first-order valence-electron chi connectivity index (χ1n) is 6.41. The Morgan fingerprint density at radius 2 is 1.86 bits per heavy atom. The zero-order chi connectivity index (χ0) is 15.2. The minimum Gasteiger partial charge on any atom is -0.489 e. The highest BCUT2D eigenvalue weighted by Gasteiger charge is 2.03. The number of rotatable bonds is 5. The maximum Gasteiger partial charge on any atom is 0.142 e. The highest BCUT2D eigenvalue weighted by molar-refractivity contribution is 6.30. The summed E-state index contributed by atoms with van der Waals surface area (Å²) >= 11 is 5.63. The van der Waals surface area contributed by atoms with E-state index in [0.29, 0.717) is 23.4 Å². The topological polar surface area (TPSA) is 41.8 Å². The van der Waals surface area contributed by atoms with Gasteiger partial charge in [-0.15, -0.1) is 0 Å². The summed E-state index contributed by atoms with van der Waals surface area (Å²) in [7, 11) is 0. The van der Waals surface area contributed by atoms with Crippen LogP contribution in [-0.2, 0) is 13.0 Å². The Morgan fingerprint density at radius 1 is 1.19 bits per heavy atom. The van der Waals surface area contributed by atoms with Crippen molar-refractivity contribution >= 4 is 17.3 Å². The van der Waals surface area contributed by atoms with Gasteiger partial charge >= 0.3 is 0 Å². The normalized spacial score (nSPS) is 11.5. The fourth-order valence-electron chi connectivity index (χ4n) is 1.83. The minimum atomic E-state index is -0.452. The van der Waals surface area contributed by atoms with Gasteiger partial charge in [0.15, 0.2) is 0 Å². The van der Waals surface area contributed by atoms with E-state index in [2.05, 4.69) is 5.16 Å². The fourth-order valence-corrected chi connectivity index (χ4v) is 1.95. The number of hydrogen-bond acceptors (Lipinski definition) is 3. The molecule has 0 aliphatic heterocycles. The van der Waals surface area contributed by atoms with E-state index in [1.807, 2.05) is 24.3 Å². The van der Waals surface area contributed by atoms with Gasteiger partial charge in [0.2, 0.25) is 0 Å². The molecule has 1 N–H and O–H groups in total. The quantitative estimate of drug-likeness (QED) is 0.504. The zero-order valence-electron chi connectivity index (χ0n) is 11.5. The van der Waals surface area contributed by atoms with Crippen LogP contribution in [0.5, 0.6) is 5.75 Å². The lowest BCUT2D eigenvalue weighted by Crippen LogP contribution is -1.99. The van der Waals surface area contributed by atoms with E-state index in [4.69, 9.17) is 21.5 Å². The first-order chi connectivity index (χ1) is 10.1. The van der Waals surface area contributed by atoms with Crippen molar-refractivity contribution in [2.45, 2.75) is 20.0 Å². The Balaban J connectivity index is 1.95. The van der Waals surface area contributed by atoms with Crippen molar-refractivity contribution in [3.63, 3.8) is 0 Å². The molecule has 0 saturated heterocycles. The lowest BCUT2D eigenvalue weighted by atomic mass is 10.1. The molecule has 2 aromatic carbocycles. The van der Waals surface area contributed by atoms with E-state index in [0.717, 1.165) is 5.56 Å². The number of halogens is 2. The second-order valence-corrected chi connectivity index (χ2v) is 5.10. The van der Waals surface area contributed by atoms with Crippen LogP contribution in [0.3, 0.4) is 0 Å². The third kappa shape index (κ3) is 4.46. The molecule has 3 nitrogen and oxygen atoms in total. The summed E-state index contributed by atoms with van der Waals surface area (Å²) in [6.45, 7) is 2.02. The van der Waals surface area contributed by atoms with Gasteiger partial charge in [-0.1, -0.05) is 35.0 Å². The van der Waals surface area contributed by atoms with Crippen LogP contribution in [0.15, 0.2) is 47.6 Å². The molecule has 2 aromatic rings. The molecule has 0 amide bonds. The molecule has 0 aromatic heterocycles. The first-order valence-corrected chi connectivity index (χ1v) is 6.79. The molecular formula is C16H15ClFNO2. The summed E-state index contributed by atoms with van der Waals surface area (Å²) in [5.41, 5.74) is 2.37. The van der Waals surface area contributed by atoms with Crippen LogP contribution in [0.2, 0.25) is 5.02 Å². The number of ether oxygens (including phenoxy) is 1. The van der Waals surface area contributed by atoms with Crippen LogP contribution in [-0.4, -0.2) is 10.9 Å². The van der Waals surface area contributed by atoms with Gasteiger partial charge in [0.05, 0.1) is 10.7 Å². The summed E-state index contributed by atoms with van der Waals surface area (Å²) in [6, 6.07) is 12.0. The van der Waals surface area contributed by atoms with Crippen molar-refractivity contribution in [3.05, 3.63) is 64.4 Å². The minimum absolute atomic E-state index is 0.101. The molecule has 110 valence electrons. The van der Waals surface area contributed by atoms with Crippen LogP contribution in [0.1, 0.15) is 18.1 Å². The van der Waals surface area contributed by atoms with Gasteiger partial charge < -0.3 is 9.94 Å². The lowest BCUT2D eigenvalue weighted by Gasteiger charge is -2.08. The van der Waals surface area contributed by atoms with Crippen LogP contribution in [0, 0.1) is 5.82 Å². The summed E-state index contributed by atoms with van der Waals surface area (Å²) in [4.78, 5) is 0. The molecule has 5 heteroatoms. The summed E-state index contributed by atoms with van der Waals surface area (Å²) in [5, 5.41) is 11.9. The Morgan fingerprint density at radius 3 is 2.48 bits per heavy atom. The third-order valence-corrected chi connectivity index (χ3v) is 3.25. The third-order valence-electron chi connectivity index (χ3n) is 2.94. The molecule has 0 radical (unpaired) electrons. The van der Waals surface area contributed by atoms with Crippen molar-refractivity contribution in [1.82, 2.24) is 0 Å². The maximum atomic E-state index is 13.3. The van der Waals surface area contributed by atoms with Crippen LogP contribution in [0.25, 0.3) is 0 Å². The van der Waals surface area contributed by atoms with Gasteiger partial charge in [0.25, 0.3) is 0 Å². The Labute approximate surface area is 127 Å². The second kappa shape index (κ2) is 7.09. The standard InChI is InChI=1S/C16H15ClFNO2/c1-11(19-20)8-12-2-5-14(6-3-12)21-10-13-4-7-15(17)16(18)9-13/h2-7,9,20H,8,10H2,1H3/b19-11-. The molecular weight excluding hydrogens is 293 g/mol. The molecule has 0 atom stereocenters. The number of benzene rings is 2. The molecule has 0 fully saturated rings.